The molecule has 0 aromatic heterocycles. The molecule has 1 aromatic carbocycles. The molecule has 4 nitrogen and oxygen atoms in total. The highest BCUT2D eigenvalue weighted by Gasteiger charge is 2.32. The van der Waals surface area contributed by atoms with E-state index in [1.807, 2.05) is 33.8 Å². The van der Waals surface area contributed by atoms with Crippen LogP contribution in [0.25, 0.3) is 11.1 Å². The Bertz CT molecular complexity index is 807. The van der Waals surface area contributed by atoms with Crippen molar-refractivity contribution in [2.75, 3.05) is 6.61 Å². The maximum absolute atomic E-state index is 14.0. The van der Waals surface area contributed by atoms with Crippen LogP contribution in [-0.2, 0) is 4.79 Å². The minimum absolute atomic E-state index is 0.105. The lowest BCUT2D eigenvalue weighted by atomic mass is 9.86. The molecule has 0 saturated heterocycles. The third-order valence-corrected chi connectivity index (χ3v) is 4.52. The first-order valence-corrected chi connectivity index (χ1v) is 8.87. The molecule has 6 heteroatoms. The molecule has 0 spiro atoms. The van der Waals surface area contributed by atoms with E-state index in [0.717, 1.165) is 5.57 Å². The van der Waals surface area contributed by atoms with Gasteiger partial charge in [0.2, 0.25) is 0 Å². The lowest BCUT2D eigenvalue weighted by Crippen LogP contribution is -2.30. The van der Waals surface area contributed by atoms with Crippen molar-refractivity contribution in [2.24, 2.45) is 5.92 Å². The number of allylic oxidation sites excluding steroid dienone is 2. The van der Waals surface area contributed by atoms with Crippen molar-refractivity contribution >= 4 is 28.7 Å². The van der Waals surface area contributed by atoms with Gasteiger partial charge in [0.25, 0.3) is 0 Å². The Morgan fingerprint density at radius 1 is 1.42 bits per heavy atom. The molecular weight excluding hydrogens is 359 g/mol. The molecule has 0 N–H and O–H groups in total. The van der Waals surface area contributed by atoms with Gasteiger partial charge in [-0.2, -0.15) is 0 Å². The summed E-state index contributed by atoms with van der Waals surface area (Å²) in [6, 6.07) is 1.67. The van der Waals surface area contributed by atoms with Crippen molar-refractivity contribution < 1.29 is 23.8 Å². The highest BCUT2D eigenvalue weighted by atomic mass is 35.5. The van der Waals surface area contributed by atoms with Crippen molar-refractivity contribution in [3.05, 3.63) is 34.1 Å². The SMILES string of the molecule is CCOc1c(/C(C)=C(/F)C(=O)[O-])cc2c(c1Cl)OC(C)(C)C=C2C(C)C. The van der Waals surface area contributed by atoms with Crippen LogP contribution >= 0.6 is 11.6 Å². The highest BCUT2D eigenvalue weighted by Crippen LogP contribution is 2.50. The van der Waals surface area contributed by atoms with Crippen LogP contribution in [0.2, 0.25) is 5.02 Å². The van der Waals surface area contributed by atoms with Gasteiger partial charge in [0, 0.05) is 11.1 Å². The second-order valence-corrected chi connectivity index (χ2v) is 7.44. The third-order valence-electron chi connectivity index (χ3n) is 4.18. The van der Waals surface area contributed by atoms with Gasteiger partial charge in [-0.05, 0) is 56.9 Å². The fraction of sp³-hybridized carbons (Fsp3) is 0.450. The summed E-state index contributed by atoms with van der Waals surface area (Å²) >= 11 is 6.55. The molecule has 142 valence electrons. The van der Waals surface area contributed by atoms with E-state index in [1.165, 1.54) is 6.92 Å². The lowest BCUT2D eigenvalue weighted by Gasteiger charge is -2.34. The van der Waals surface area contributed by atoms with Crippen LogP contribution in [-0.4, -0.2) is 18.2 Å². The largest absolute Gasteiger partial charge is 0.542 e. The summed E-state index contributed by atoms with van der Waals surface area (Å²) in [5.74, 6) is -2.42. The first-order chi connectivity index (χ1) is 12.0. The fourth-order valence-electron chi connectivity index (χ4n) is 2.99. The molecule has 1 aromatic rings. The van der Waals surface area contributed by atoms with E-state index in [4.69, 9.17) is 21.1 Å². The first-order valence-electron chi connectivity index (χ1n) is 8.49. The summed E-state index contributed by atoms with van der Waals surface area (Å²) in [6.45, 7) is 11.3. The first kappa shape index (κ1) is 20.3. The van der Waals surface area contributed by atoms with Gasteiger partial charge in [-0.25, -0.2) is 4.39 Å². The van der Waals surface area contributed by atoms with E-state index in [1.54, 1.807) is 13.0 Å². The Labute approximate surface area is 158 Å². The number of hydrogen-bond acceptors (Lipinski definition) is 4. The van der Waals surface area contributed by atoms with Gasteiger partial charge in [0.1, 0.15) is 28.2 Å². The van der Waals surface area contributed by atoms with Crippen molar-refractivity contribution in [1.29, 1.82) is 0 Å². The van der Waals surface area contributed by atoms with E-state index < -0.39 is 17.4 Å². The van der Waals surface area contributed by atoms with Gasteiger partial charge in [0.05, 0.1) is 6.61 Å². The number of carboxylic acid groups (broad SMARTS) is 1. The van der Waals surface area contributed by atoms with E-state index in [0.29, 0.717) is 11.3 Å². The zero-order valence-corrected chi connectivity index (χ0v) is 16.6. The van der Waals surface area contributed by atoms with Crippen LogP contribution in [0.1, 0.15) is 52.7 Å². The summed E-state index contributed by atoms with van der Waals surface area (Å²) in [7, 11) is 0. The number of hydrogen-bond donors (Lipinski definition) is 0. The van der Waals surface area contributed by atoms with E-state index in [-0.39, 0.29) is 34.4 Å². The Balaban J connectivity index is 2.85. The Kier molecular flexibility index (Phi) is 5.71. The summed E-state index contributed by atoms with van der Waals surface area (Å²) < 4.78 is 25.7. The van der Waals surface area contributed by atoms with Crippen molar-refractivity contribution in [3.8, 4) is 11.5 Å². The average molecular weight is 382 g/mol. The van der Waals surface area contributed by atoms with E-state index in [9.17, 15) is 14.3 Å². The van der Waals surface area contributed by atoms with Crippen molar-refractivity contribution in [2.45, 2.75) is 47.1 Å². The van der Waals surface area contributed by atoms with Crippen LogP contribution in [0.4, 0.5) is 4.39 Å². The molecule has 0 aliphatic carbocycles. The number of halogens is 2. The van der Waals surface area contributed by atoms with E-state index in [2.05, 4.69) is 0 Å². The topological polar surface area (TPSA) is 58.6 Å². The van der Waals surface area contributed by atoms with Crippen molar-refractivity contribution in [1.82, 2.24) is 0 Å². The number of ether oxygens (including phenoxy) is 2. The summed E-state index contributed by atoms with van der Waals surface area (Å²) in [4.78, 5) is 11.0. The molecule has 0 unspecified atom stereocenters. The van der Waals surface area contributed by atoms with Crippen LogP contribution in [0.3, 0.4) is 0 Å². The predicted octanol–water partition coefficient (Wildman–Crippen LogP) is 4.40. The minimum atomic E-state index is -1.88. The zero-order chi connectivity index (χ0) is 19.8. The number of carboxylic acids is 1. The van der Waals surface area contributed by atoms with Gasteiger partial charge < -0.3 is 19.4 Å². The van der Waals surface area contributed by atoms with Crippen molar-refractivity contribution in [3.63, 3.8) is 0 Å². The zero-order valence-electron chi connectivity index (χ0n) is 15.8. The van der Waals surface area contributed by atoms with Crippen LogP contribution in [0, 0.1) is 5.92 Å². The minimum Gasteiger partial charge on any atom is -0.542 e. The average Bonchev–Trinajstić information content (AvgIpc) is 2.55. The van der Waals surface area contributed by atoms with Gasteiger partial charge in [-0.3, -0.25) is 0 Å². The van der Waals surface area contributed by atoms with Gasteiger partial charge in [-0.1, -0.05) is 25.4 Å². The number of benzene rings is 1. The Hall–Kier alpha value is -2.01. The fourth-order valence-corrected chi connectivity index (χ4v) is 3.28. The maximum Gasteiger partial charge on any atom is 0.150 e. The van der Waals surface area contributed by atoms with Crippen LogP contribution in [0.5, 0.6) is 11.5 Å². The molecule has 2 rings (SSSR count). The molecule has 1 aliphatic heterocycles. The van der Waals surface area contributed by atoms with Gasteiger partial charge >= 0.3 is 0 Å². The maximum atomic E-state index is 14.0. The Morgan fingerprint density at radius 3 is 2.54 bits per heavy atom. The second-order valence-electron chi connectivity index (χ2n) is 7.06. The third kappa shape index (κ3) is 3.73. The van der Waals surface area contributed by atoms with Crippen LogP contribution in [0.15, 0.2) is 18.0 Å². The molecule has 0 bridgehead atoms. The molecule has 0 radical (unpaired) electrons. The Morgan fingerprint density at radius 2 is 2.04 bits per heavy atom. The smallest absolute Gasteiger partial charge is 0.150 e. The van der Waals surface area contributed by atoms with E-state index >= 15 is 0 Å². The summed E-state index contributed by atoms with van der Waals surface area (Å²) in [5, 5.41) is 11.2. The highest BCUT2D eigenvalue weighted by molar-refractivity contribution is 6.34. The van der Waals surface area contributed by atoms with Gasteiger partial charge in [-0.15, -0.1) is 0 Å². The molecule has 26 heavy (non-hydrogen) atoms. The quantitative estimate of drug-likeness (QED) is 0.709. The molecule has 0 amide bonds. The molecule has 1 heterocycles. The lowest BCUT2D eigenvalue weighted by molar-refractivity contribution is -0.301. The molecule has 0 atom stereocenters. The summed E-state index contributed by atoms with van der Waals surface area (Å²) in [5.41, 5.74) is 1.29. The summed E-state index contributed by atoms with van der Waals surface area (Å²) in [6.07, 6.45) is 1.99. The number of rotatable bonds is 5. The molecule has 0 saturated carbocycles. The monoisotopic (exact) mass is 381 g/mol. The normalized spacial score (nSPS) is 16.4. The van der Waals surface area contributed by atoms with Crippen LogP contribution < -0.4 is 14.6 Å². The number of carbonyl (C=O) groups is 1. The second kappa shape index (κ2) is 7.31. The molecule has 0 fully saturated rings. The molecular formula is C20H23ClFO4-. The predicted molar refractivity (Wildman–Crippen MR) is 98.9 cm³/mol. The van der Waals surface area contributed by atoms with Gasteiger partial charge in [0.15, 0.2) is 5.75 Å². The standard InChI is InChI=1S/C20H24ClFO4/c1-7-25-17-12(11(4)16(22)19(23)24)8-13-14(10(2)3)9-20(5,6)26-18(13)15(17)21/h8-10H,7H2,1-6H3,(H,23,24)/p-1/b16-11+. The number of fused-ring (bicyclic) bond motifs is 1. The number of carbonyl (C=O) groups excluding carboxylic acids is 1. The number of aliphatic carboxylic acids is 1. The molecule has 1 aliphatic rings.